The first kappa shape index (κ1) is 18.5. The van der Waals surface area contributed by atoms with Gasteiger partial charge in [-0.1, -0.05) is 11.6 Å². The highest BCUT2D eigenvalue weighted by Gasteiger charge is 2.09. The quantitative estimate of drug-likeness (QED) is 0.642. The molecule has 1 heterocycles. The standard InChI is InChI=1S/C20H18ClN3O3/c1-26-16-8-10-17(19(11-16)27-2)23-15-7-9-18(22-12-15)20(25)24-14-5-3-13(21)4-6-14/h3-12,23H,1-2H3,(H,24,25). The fourth-order valence-electron chi connectivity index (χ4n) is 2.39. The number of hydrogen-bond acceptors (Lipinski definition) is 5. The van der Waals surface area contributed by atoms with Crippen LogP contribution in [0.1, 0.15) is 10.5 Å². The second kappa shape index (κ2) is 8.42. The number of anilines is 3. The van der Waals surface area contributed by atoms with E-state index in [1.807, 2.05) is 12.1 Å². The fraction of sp³-hybridized carbons (Fsp3) is 0.100. The average Bonchev–Trinajstić information content (AvgIpc) is 2.70. The summed E-state index contributed by atoms with van der Waals surface area (Å²) in [6.07, 6.45) is 1.58. The maximum atomic E-state index is 12.3. The first-order valence-corrected chi connectivity index (χ1v) is 8.49. The molecule has 0 atom stereocenters. The van der Waals surface area contributed by atoms with E-state index in [-0.39, 0.29) is 5.91 Å². The van der Waals surface area contributed by atoms with Gasteiger partial charge in [-0.25, -0.2) is 4.98 Å². The summed E-state index contributed by atoms with van der Waals surface area (Å²) < 4.78 is 10.5. The molecule has 0 fully saturated rings. The Hall–Kier alpha value is -3.25. The van der Waals surface area contributed by atoms with Crippen molar-refractivity contribution in [2.24, 2.45) is 0 Å². The van der Waals surface area contributed by atoms with Crippen molar-refractivity contribution < 1.29 is 14.3 Å². The summed E-state index contributed by atoms with van der Waals surface area (Å²) in [6.45, 7) is 0. The molecular weight excluding hydrogens is 366 g/mol. The third kappa shape index (κ3) is 4.68. The monoisotopic (exact) mass is 383 g/mol. The van der Waals surface area contributed by atoms with Crippen LogP contribution in [0, 0.1) is 0 Å². The number of amides is 1. The van der Waals surface area contributed by atoms with Crippen molar-refractivity contribution in [2.45, 2.75) is 0 Å². The lowest BCUT2D eigenvalue weighted by Crippen LogP contribution is -2.13. The summed E-state index contributed by atoms with van der Waals surface area (Å²) in [7, 11) is 3.18. The summed E-state index contributed by atoms with van der Waals surface area (Å²) in [5.41, 5.74) is 2.44. The van der Waals surface area contributed by atoms with Gasteiger partial charge >= 0.3 is 0 Å². The van der Waals surface area contributed by atoms with E-state index in [1.165, 1.54) is 0 Å². The van der Waals surface area contributed by atoms with Crippen LogP contribution < -0.4 is 20.1 Å². The first-order chi connectivity index (χ1) is 13.1. The molecule has 0 saturated heterocycles. The molecule has 1 amide bonds. The molecule has 0 bridgehead atoms. The molecule has 0 aliphatic rings. The van der Waals surface area contributed by atoms with Gasteiger partial charge in [-0.05, 0) is 48.5 Å². The van der Waals surface area contributed by atoms with Crippen molar-refractivity contribution in [3.8, 4) is 11.5 Å². The molecule has 2 N–H and O–H groups in total. The number of halogens is 1. The Morgan fingerprint density at radius 2 is 1.70 bits per heavy atom. The Morgan fingerprint density at radius 1 is 0.963 bits per heavy atom. The Kier molecular flexibility index (Phi) is 5.78. The van der Waals surface area contributed by atoms with E-state index >= 15 is 0 Å². The minimum atomic E-state index is -0.300. The normalized spacial score (nSPS) is 10.2. The number of nitrogens with one attached hydrogen (secondary N) is 2. The van der Waals surface area contributed by atoms with Crippen LogP contribution in [0.5, 0.6) is 11.5 Å². The number of hydrogen-bond donors (Lipinski definition) is 2. The van der Waals surface area contributed by atoms with Crippen molar-refractivity contribution in [1.82, 2.24) is 4.98 Å². The smallest absolute Gasteiger partial charge is 0.274 e. The highest BCUT2D eigenvalue weighted by Crippen LogP contribution is 2.31. The lowest BCUT2D eigenvalue weighted by Gasteiger charge is -2.12. The largest absolute Gasteiger partial charge is 0.497 e. The molecule has 27 heavy (non-hydrogen) atoms. The van der Waals surface area contributed by atoms with Crippen LogP contribution in [0.15, 0.2) is 60.8 Å². The van der Waals surface area contributed by atoms with Gasteiger partial charge in [-0.3, -0.25) is 4.79 Å². The van der Waals surface area contributed by atoms with Gasteiger partial charge in [0.1, 0.15) is 17.2 Å². The van der Waals surface area contributed by atoms with E-state index in [9.17, 15) is 4.79 Å². The molecule has 0 aliphatic heterocycles. The SMILES string of the molecule is COc1ccc(Nc2ccc(C(=O)Nc3ccc(Cl)cc3)nc2)c(OC)c1. The molecule has 0 spiro atoms. The predicted molar refractivity (Wildman–Crippen MR) is 106 cm³/mol. The zero-order valence-electron chi connectivity index (χ0n) is 14.8. The van der Waals surface area contributed by atoms with E-state index in [0.717, 1.165) is 11.4 Å². The van der Waals surface area contributed by atoms with E-state index in [1.54, 1.807) is 62.9 Å². The number of methoxy groups -OCH3 is 2. The molecule has 0 aliphatic carbocycles. The minimum Gasteiger partial charge on any atom is -0.497 e. The summed E-state index contributed by atoms with van der Waals surface area (Å²) in [5, 5.41) is 6.59. The summed E-state index contributed by atoms with van der Waals surface area (Å²) in [4.78, 5) is 16.5. The van der Waals surface area contributed by atoms with E-state index < -0.39 is 0 Å². The highest BCUT2D eigenvalue weighted by molar-refractivity contribution is 6.30. The van der Waals surface area contributed by atoms with Crippen LogP contribution >= 0.6 is 11.6 Å². The lowest BCUT2D eigenvalue weighted by atomic mass is 10.2. The number of carbonyl (C=O) groups is 1. The molecule has 7 heteroatoms. The molecule has 0 saturated carbocycles. The maximum absolute atomic E-state index is 12.3. The Balaban J connectivity index is 1.70. The fourth-order valence-corrected chi connectivity index (χ4v) is 2.51. The van der Waals surface area contributed by atoms with E-state index in [4.69, 9.17) is 21.1 Å². The third-order valence-electron chi connectivity index (χ3n) is 3.79. The van der Waals surface area contributed by atoms with Gasteiger partial charge in [-0.15, -0.1) is 0 Å². The molecular formula is C20H18ClN3O3. The molecule has 138 valence electrons. The average molecular weight is 384 g/mol. The van der Waals surface area contributed by atoms with Crippen LogP contribution in [-0.4, -0.2) is 25.1 Å². The molecule has 2 aromatic carbocycles. The first-order valence-electron chi connectivity index (χ1n) is 8.11. The van der Waals surface area contributed by atoms with Gasteiger partial charge in [0.2, 0.25) is 0 Å². The number of ether oxygens (including phenoxy) is 2. The van der Waals surface area contributed by atoms with Crippen molar-refractivity contribution in [1.29, 1.82) is 0 Å². The topological polar surface area (TPSA) is 72.5 Å². The molecule has 6 nitrogen and oxygen atoms in total. The molecule has 3 rings (SSSR count). The van der Waals surface area contributed by atoms with Crippen molar-refractivity contribution in [2.75, 3.05) is 24.9 Å². The zero-order chi connectivity index (χ0) is 19.2. The van der Waals surface area contributed by atoms with Gasteiger partial charge in [-0.2, -0.15) is 0 Å². The number of nitrogens with zero attached hydrogens (tertiary/aromatic N) is 1. The number of carbonyl (C=O) groups excluding carboxylic acids is 1. The maximum Gasteiger partial charge on any atom is 0.274 e. The van der Waals surface area contributed by atoms with E-state index in [0.29, 0.717) is 27.9 Å². The molecule has 1 aromatic heterocycles. The summed E-state index contributed by atoms with van der Waals surface area (Å²) >= 11 is 5.84. The summed E-state index contributed by atoms with van der Waals surface area (Å²) in [6, 6.07) is 15.7. The Bertz CT molecular complexity index is 928. The number of pyridine rings is 1. The number of benzene rings is 2. The summed E-state index contributed by atoms with van der Waals surface area (Å²) in [5.74, 6) is 1.04. The van der Waals surface area contributed by atoms with Crippen LogP contribution in [0.2, 0.25) is 5.02 Å². The Morgan fingerprint density at radius 3 is 2.33 bits per heavy atom. The van der Waals surface area contributed by atoms with Gasteiger partial charge in [0, 0.05) is 16.8 Å². The van der Waals surface area contributed by atoms with Crippen molar-refractivity contribution >= 4 is 34.6 Å². The molecule has 3 aromatic rings. The highest BCUT2D eigenvalue weighted by atomic mass is 35.5. The van der Waals surface area contributed by atoms with Gasteiger partial charge < -0.3 is 20.1 Å². The van der Waals surface area contributed by atoms with Crippen LogP contribution in [0.25, 0.3) is 0 Å². The van der Waals surface area contributed by atoms with Gasteiger partial charge in [0.15, 0.2) is 0 Å². The van der Waals surface area contributed by atoms with Crippen LogP contribution in [0.3, 0.4) is 0 Å². The number of rotatable bonds is 6. The molecule has 0 radical (unpaired) electrons. The minimum absolute atomic E-state index is 0.300. The van der Waals surface area contributed by atoms with Crippen LogP contribution in [-0.2, 0) is 0 Å². The van der Waals surface area contributed by atoms with Crippen molar-refractivity contribution in [3.05, 3.63) is 71.5 Å². The van der Waals surface area contributed by atoms with Crippen LogP contribution in [0.4, 0.5) is 17.1 Å². The second-order valence-corrected chi connectivity index (χ2v) is 6.02. The van der Waals surface area contributed by atoms with Crippen molar-refractivity contribution in [3.63, 3.8) is 0 Å². The van der Waals surface area contributed by atoms with Gasteiger partial charge in [0.05, 0.1) is 31.8 Å². The Labute approximate surface area is 162 Å². The molecule has 0 unspecified atom stereocenters. The predicted octanol–water partition coefficient (Wildman–Crippen LogP) is 4.75. The third-order valence-corrected chi connectivity index (χ3v) is 4.04. The lowest BCUT2D eigenvalue weighted by molar-refractivity contribution is 0.102. The zero-order valence-corrected chi connectivity index (χ0v) is 15.6. The second-order valence-electron chi connectivity index (χ2n) is 5.58. The van der Waals surface area contributed by atoms with Gasteiger partial charge in [0.25, 0.3) is 5.91 Å². The number of aromatic nitrogens is 1. The van der Waals surface area contributed by atoms with E-state index in [2.05, 4.69) is 15.6 Å².